The third kappa shape index (κ3) is 5.83. The number of carbonyl (C=O) groups excluding carboxylic acids is 1. The largest absolute Gasteiger partial charge is 0.444 e. The zero-order chi connectivity index (χ0) is 21.0. The highest BCUT2D eigenvalue weighted by atomic mass is 79.9. The molecular weight excluding hydrogens is 436 g/mol. The van der Waals surface area contributed by atoms with Crippen LogP contribution < -0.4 is 15.5 Å². The van der Waals surface area contributed by atoms with Crippen molar-refractivity contribution in [2.75, 3.05) is 30.4 Å². The van der Waals surface area contributed by atoms with Gasteiger partial charge in [-0.1, -0.05) is 0 Å². The first-order chi connectivity index (χ1) is 13.7. The average Bonchev–Trinajstić information content (AvgIpc) is 3.09. The molecule has 1 amide bonds. The maximum Gasteiger partial charge on any atom is 0.407 e. The molecule has 0 atom stereocenters. The number of hydrogen-bond acceptors (Lipinski definition) is 6. The van der Waals surface area contributed by atoms with E-state index >= 15 is 0 Å². The van der Waals surface area contributed by atoms with Crippen molar-refractivity contribution in [3.05, 3.63) is 47.5 Å². The van der Waals surface area contributed by atoms with Gasteiger partial charge in [-0.15, -0.1) is 0 Å². The van der Waals surface area contributed by atoms with Crippen LogP contribution in [0.5, 0.6) is 0 Å². The van der Waals surface area contributed by atoms with Crippen LogP contribution in [0.3, 0.4) is 0 Å². The molecule has 154 valence electrons. The minimum atomic E-state index is -0.496. The number of hydrogen-bond donors (Lipinski definition) is 2. The molecule has 1 aromatic carbocycles. The summed E-state index contributed by atoms with van der Waals surface area (Å²) in [5, 5.41) is 6.07. The third-order valence-corrected chi connectivity index (χ3v) is 4.41. The molecule has 0 bridgehead atoms. The van der Waals surface area contributed by atoms with E-state index in [1.807, 2.05) is 68.9 Å². The fraction of sp³-hybridized carbons (Fsp3) is 0.350. The lowest BCUT2D eigenvalue weighted by Crippen LogP contribution is -2.37. The SMILES string of the molecule is CN(CCNC(=O)OC(C)(C)C)c1ccc(Nc2nc(Br)cn3ccnc23)cc1. The maximum absolute atomic E-state index is 11.7. The molecule has 2 heterocycles. The van der Waals surface area contributed by atoms with Crippen LogP contribution in [-0.2, 0) is 4.74 Å². The molecule has 2 aromatic heterocycles. The number of carbonyl (C=O) groups is 1. The normalized spacial score (nSPS) is 11.3. The number of likely N-dealkylation sites (N-methyl/N-ethyl adjacent to an activating group) is 1. The molecule has 0 fully saturated rings. The van der Waals surface area contributed by atoms with Crippen molar-refractivity contribution in [1.29, 1.82) is 0 Å². The molecule has 0 saturated carbocycles. The number of halogens is 1. The number of benzene rings is 1. The van der Waals surface area contributed by atoms with Crippen LogP contribution in [0.1, 0.15) is 20.8 Å². The Hall–Kier alpha value is -2.81. The Bertz CT molecular complexity index is 981. The van der Waals surface area contributed by atoms with Crippen LogP contribution in [0.25, 0.3) is 5.65 Å². The molecule has 9 heteroatoms. The average molecular weight is 461 g/mol. The van der Waals surface area contributed by atoms with E-state index in [1.165, 1.54) is 0 Å². The highest BCUT2D eigenvalue weighted by Crippen LogP contribution is 2.23. The minimum absolute atomic E-state index is 0.405. The number of rotatable bonds is 6. The third-order valence-electron chi connectivity index (χ3n) is 4.03. The predicted octanol–water partition coefficient (Wildman–Crippen LogP) is 4.20. The molecular formula is C20H25BrN6O2. The van der Waals surface area contributed by atoms with Crippen LogP contribution in [0.4, 0.5) is 22.0 Å². The van der Waals surface area contributed by atoms with Gasteiger partial charge in [-0.05, 0) is 61.0 Å². The Morgan fingerprint density at radius 2 is 2.00 bits per heavy atom. The summed E-state index contributed by atoms with van der Waals surface area (Å²) >= 11 is 3.42. The summed E-state index contributed by atoms with van der Waals surface area (Å²) in [6.07, 6.45) is 5.06. The van der Waals surface area contributed by atoms with E-state index in [1.54, 1.807) is 6.20 Å². The summed E-state index contributed by atoms with van der Waals surface area (Å²) < 4.78 is 7.86. The van der Waals surface area contributed by atoms with Gasteiger partial charge in [0, 0.05) is 50.1 Å². The summed E-state index contributed by atoms with van der Waals surface area (Å²) in [6.45, 7) is 6.68. The fourth-order valence-corrected chi connectivity index (χ4v) is 3.09. The number of anilines is 3. The number of ether oxygens (including phenoxy) is 1. The number of nitrogens with zero attached hydrogens (tertiary/aromatic N) is 4. The van der Waals surface area contributed by atoms with E-state index in [-0.39, 0.29) is 0 Å². The van der Waals surface area contributed by atoms with Gasteiger partial charge in [0.05, 0.1) is 0 Å². The lowest BCUT2D eigenvalue weighted by Gasteiger charge is -2.22. The highest BCUT2D eigenvalue weighted by molar-refractivity contribution is 9.10. The molecule has 2 N–H and O–H groups in total. The molecule has 0 aliphatic rings. The molecule has 3 aromatic rings. The van der Waals surface area contributed by atoms with Crippen molar-refractivity contribution in [2.24, 2.45) is 0 Å². The second-order valence-electron chi connectivity index (χ2n) is 7.59. The smallest absolute Gasteiger partial charge is 0.407 e. The van der Waals surface area contributed by atoms with Crippen LogP contribution in [0.15, 0.2) is 47.5 Å². The summed E-state index contributed by atoms with van der Waals surface area (Å²) in [5.74, 6) is 0.673. The quantitative estimate of drug-likeness (QED) is 0.573. The highest BCUT2D eigenvalue weighted by Gasteiger charge is 2.15. The van der Waals surface area contributed by atoms with Crippen LogP contribution in [0.2, 0.25) is 0 Å². The van der Waals surface area contributed by atoms with Gasteiger partial charge in [-0.3, -0.25) is 0 Å². The number of nitrogens with one attached hydrogen (secondary N) is 2. The van der Waals surface area contributed by atoms with E-state index in [0.29, 0.717) is 18.9 Å². The lowest BCUT2D eigenvalue weighted by molar-refractivity contribution is 0.0529. The maximum atomic E-state index is 11.7. The van der Waals surface area contributed by atoms with Crippen molar-refractivity contribution in [3.8, 4) is 0 Å². The fourth-order valence-electron chi connectivity index (χ4n) is 2.69. The molecule has 8 nitrogen and oxygen atoms in total. The van der Waals surface area contributed by atoms with Gasteiger partial charge in [0.15, 0.2) is 11.5 Å². The summed E-state index contributed by atoms with van der Waals surface area (Å²) in [7, 11) is 1.98. The van der Waals surface area contributed by atoms with Crippen molar-refractivity contribution < 1.29 is 9.53 Å². The van der Waals surface area contributed by atoms with Gasteiger partial charge < -0.3 is 24.7 Å². The monoisotopic (exact) mass is 460 g/mol. The van der Waals surface area contributed by atoms with Crippen molar-refractivity contribution in [3.63, 3.8) is 0 Å². The van der Waals surface area contributed by atoms with Crippen LogP contribution >= 0.6 is 15.9 Å². The zero-order valence-corrected chi connectivity index (χ0v) is 18.5. The van der Waals surface area contributed by atoms with Crippen molar-refractivity contribution in [1.82, 2.24) is 19.7 Å². The number of alkyl carbamates (subject to hydrolysis) is 1. The van der Waals surface area contributed by atoms with E-state index in [9.17, 15) is 4.79 Å². The minimum Gasteiger partial charge on any atom is -0.444 e. The molecule has 0 aliphatic carbocycles. The Kier molecular flexibility index (Phi) is 6.26. The van der Waals surface area contributed by atoms with E-state index in [0.717, 1.165) is 21.6 Å². The lowest BCUT2D eigenvalue weighted by atomic mass is 10.2. The van der Waals surface area contributed by atoms with Crippen molar-refractivity contribution >= 4 is 44.9 Å². The van der Waals surface area contributed by atoms with E-state index in [2.05, 4.69) is 41.4 Å². The van der Waals surface area contributed by atoms with Crippen LogP contribution in [-0.4, -0.2) is 46.2 Å². The first kappa shape index (κ1) is 20.9. The molecule has 3 rings (SSSR count). The second kappa shape index (κ2) is 8.69. The molecule has 0 spiro atoms. The Balaban J connectivity index is 1.57. The van der Waals surface area contributed by atoms with Gasteiger partial charge in [0.1, 0.15) is 10.2 Å². The number of amides is 1. The van der Waals surface area contributed by atoms with Gasteiger partial charge >= 0.3 is 6.09 Å². The Labute approximate surface area is 178 Å². The summed E-state index contributed by atoms with van der Waals surface area (Å²) in [5.41, 5.74) is 2.20. The molecule has 0 unspecified atom stereocenters. The van der Waals surface area contributed by atoms with Gasteiger partial charge in [0.25, 0.3) is 0 Å². The van der Waals surface area contributed by atoms with Gasteiger partial charge in [-0.2, -0.15) is 0 Å². The molecule has 0 radical (unpaired) electrons. The number of imidazole rings is 1. The summed E-state index contributed by atoms with van der Waals surface area (Å²) in [6, 6.07) is 7.98. The number of fused-ring (bicyclic) bond motifs is 1. The van der Waals surface area contributed by atoms with Gasteiger partial charge in [0.2, 0.25) is 0 Å². The zero-order valence-electron chi connectivity index (χ0n) is 16.9. The standard InChI is InChI=1S/C20H25BrN6O2/c1-20(2,3)29-19(28)23-9-11-26(4)15-7-5-14(6-8-15)24-17-18-22-10-12-27(18)13-16(21)25-17/h5-8,10,12-13H,9,11H2,1-4H3,(H,23,28)(H,24,25). The van der Waals surface area contributed by atoms with E-state index in [4.69, 9.17) is 4.74 Å². The van der Waals surface area contributed by atoms with Crippen molar-refractivity contribution in [2.45, 2.75) is 26.4 Å². The predicted molar refractivity (Wildman–Crippen MR) is 118 cm³/mol. The first-order valence-corrected chi connectivity index (χ1v) is 10.0. The second-order valence-corrected chi connectivity index (χ2v) is 8.40. The summed E-state index contributed by atoms with van der Waals surface area (Å²) in [4.78, 5) is 22.6. The molecule has 0 saturated heterocycles. The van der Waals surface area contributed by atoms with Gasteiger partial charge in [-0.25, -0.2) is 14.8 Å². The Morgan fingerprint density at radius 1 is 1.28 bits per heavy atom. The van der Waals surface area contributed by atoms with Crippen LogP contribution in [0, 0.1) is 0 Å². The van der Waals surface area contributed by atoms with E-state index < -0.39 is 11.7 Å². The number of aromatic nitrogens is 3. The first-order valence-electron chi connectivity index (χ1n) is 9.25. The Morgan fingerprint density at radius 3 is 2.69 bits per heavy atom. The molecule has 0 aliphatic heterocycles. The topological polar surface area (TPSA) is 83.8 Å². The molecule has 29 heavy (non-hydrogen) atoms.